The van der Waals surface area contributed by atoms with Crippen molar-refractivity contribution in [3.63, 3.8) is 0 Å². The van der Waals surface area contributed by atoms with Crippen LogP contribution in [0.15, 0.2) is 47.0 Å². The molecule has 0 saturated heterocycles. The molecular formula is C18H20Cl2N2O2. The van der Waals surface area contributed by atoms with E-state index >= 15 is 0 Å². The van der Waals surface area contributed by atoms with Crippen molar-refractivity contribution < 1.29 is 9.15 Å². The number of hydrogen-bond acceptors (Lipinski definition) is 4. The molecule has 1 atom stereocenters. The number of rotatable bonds is 2. The topological polar surface area (TPSA) is 38.5 Å². The minimum Gasteiger partial charge on any atom is -0.468 e. The minimum absolute atomic E-state index is 0. The largest absolute Gasteiger partial charge is 0.468 e. The van der Waals surface area contributed by atoms with E-state index in [1.165, 1.54) is 0 Å². The van der Waals surface area contributed by atoms with Crippen molar-refractivity contribution in [1.29, 1.82) is 0 Å². The van der Waals surface area contributed by atoms with Crippen molar-refractivity contribution >= 4 is 35.6 Å². The summed E-state index contributed by atoms with van der Waals surface area (Å²) in [6.45, 7) is 3.63. The molecule has 2 aromatic heterocycles. The third kappa shape index (κ3) is 3.36. The zero-order chi connectivity index (χ0) is 15.1. The number of pyridine rings is 1. The zero-order valence-electron chi connectivity index (χ0n) is 13.6. The predicted octanol–water partition coefficient (Wildman–Crippen LogP) is 4.55. The van der Waals surface area contributed by atoms with Crippen molar-refractivity contribution in [1.82, 2.24) is 9.88 Å². The fourth-order valence-electron chi connectivity index (χ4n) is 3.09. The maximum Gasteiger partial charge on any atom is 0.221 e. The third-order valence-corrected chi connectivity index (χ3v) is 4.09. The van der Waals surface area contributed by atoms with Gasteiger partial charge in [0.25, 0.3) is 0 Å². The molecule has 0 aliphatic carbocycles. The molecular weight excluding hydrogens is 347 g/mol. The molecule has 0 fully saturated rings. The van der Waals surface area contributed by atoms with Crippen LogP contribution in [0.4, 0.5) is 0 Å². The Labute approximate surface area is 153 Å². The lowest BCUT2D eigenvalue weighted by molar-refractivity contribution is 0.117. The molecule has 3 aromatic rings. The summed E-state index contributed by atoms with van der Waals surface area (Å²) in [5, 5.41) is 2.18. The fraction of sp³-hybridized carbons (Fsp3) is 0.278. The van der Waals surface area contributed by atoms with Crippen molar-refractivity contribution in [2.24, 2.45) is 0 Å². The number of likely N-dealkylation sites (N-methyl/N-ethyl adjacent to an activating group) is 1. The number of ether oxygens (including phenoxy) is 1. The summed E-state index contributed by atoms with van der Waals surface area (Å²) in [4.78, 5) is 6.64. The van der Waals surface area contributed by atoms with Crippen molar-refractivity contribution in [3.05, 3.63) is 59.7 Å². The van der Waals surface area contributed by atoms with Crippen molar-refractivity contribution in [3.8, 4) is 5.88 Å². The number of fused-ring (bicyclic) bond motifs is 2. The van der Waals surface area contributed by atoms with Gasteiger partial charge in [-0.25, -0.2) is 4.98 Å². The summed E-state index contributed by atoms with van der Waals surface area (Å²) < 4.78 is 12.1. The van der Waals surface area contributed by atoms with Crippen LogP contribution in [0.5, 0.6) is 5.88 Å². The van der Waals surface area contributed by atoms with Gasteiger partial charge in [-0.05, 0) is 37.6 Å². The quantitative estimate of drug-likeness (QED) is 0.666. The number of hydrogen-bond donors (Lipinski definition) is 0. The minimum atomic E-state index is -0.0514. The van der Waals surface area contributed by atoms with Gasteiger partial charge in [0.2, 0.25) is 5.88 Å². The lowest BCUT2D eigenvalue weighted by atomic mass is 10.1. The Morgan fingerprint density at radius 1 is 1.21 bits per heavy atom. The van der Waals surface area contributed by atoms with Crippen LogP contribution in [0.1, 0.15) is 23.2 Å². The van der Waals surface area contributed by atoms with E-state index in [9.17, 15) is 0 Å². The molecule has 0 bridgehead atoms. The van der Waals surface area contributed by atoms with Gasteiger partial charge in [-0.1, -0.05) is 18.2 Å². The summed E-state index contributed by atoms with van der Waals surface area (Å²) in [6.07, 6.45) is 1.75. The molecule has 1 aliphatic rings. The Morgan fingerprint density at radius 3 is 2.83 bits per heavy atom. The first-order valence-electron chi connectivity index (χ1n) is 7.49. The van der Waals surface area contributed by atoms with Gasteiger partial charge < -0.3 is 9.15 Å². The lowest BCUT2D eigenvalue weighted by Gasteiger charge is -2.29. The smallest absolute Gasteiger partial charge is 0.221 e. The van der Waals surface area contributed by atoms with Gasteiger partial charge in [0.15, 0.2) is 0 Å². The number of aromatic nitrogens is 1. The zero-order valence-corrected chi connectivity index (χ0v) is 15.2. The van der Waals surface area contributed by atoms with Crippen LogP contribution in [0.25, 0.3) is 10.8 Å². The number of halogens is 2. The monoisotopic (exact) mass is 366 g/mol. The third-order valence-electron chi connectivity index (χ3n) is 4.09. The standard InChI is InChI=1S/C18H18N2O2.2ClH/c1-12-9-15-16(21-12)10-20(2)11-17(15)22-18-14-6-4-3-5-13(14)7-8-19-18;;/h3-9,17H,10-11H2,1-2H3;2*1H. The highest BCUT2D eigenvalue weighted by molar-refractivity contribution is 5.86. The van der Waals surface area contributed by atoms with E-state index in [1.54, 1.807) is 6.20 Å². The number of aryl methyl sites for hydroxylation is 1. The van der Waals surface area contributed by atoms with Gasteiger partial charge in [0.1, 0.15) is 17.6 Å². The Kier molecular flexibility index (Phi) is 5.75. The molecule has 4 nitrogen and oxygen atoms in total. The molecule has 0 spiro atoms. The van der Waals surface area contributed by atoms with Crippen LogP contribution in [0.2, 0.25) is 0 Å². The van der Waals surface area contributed by atoms with E-state index in [0.29, 0.717) is 5.88 Å². The normalized spacial score (nSPS) is 16.8. The van der Waals surface area contributed by atoms with E-state index in [4.69, 9.17) is 9.15 Å². The molecule has 128 valence electrons. The molecule has 4 rings (SSSR count). The van der Waals surface area contributed by atoms with E-state index in [2.05, 4.69) is 29.1 Å². The summed E-state index contributed by atoms with van der Waals surface area (Å²) in [5.74, 6) is 2.61. The highest BCUT2D eigenvalue weighted by atomic mass is 35.5. The Hall–Kier alpha value is -1.75. The lowest BCUT2D eigenvalue weighted by Crippen LogP contribution is -2.32. The van der Waals surface area contributed by atoms with E-state index in [-0.39, 0.29) is 30.9 Å². The molecule has 0 amide bonds. The SMILES string of the molecule is Cc1cc2c(o1)CN(C)CC2Oc1nccc2ccccc12.Cl.Cl. The Bertz CT molecular complexity index is 830. The summed E-state index contributed by atoms with van der Waals surface area (Å²) in [7, 11) is 2.08. The number of furan rings is 1. The second-order valence-corrected chi connectivity index (χ2v) is 5.88. The summed E-state index contributed by atoms with van der Waals surface area (Å²) in [6, 6.07) is 12.2. The van der Waals surface area contributed by atoms with Gasteiger partial charge in [-0.2, -0.15) is 0 Å². The molecule has 6 heteroatoms. The van der Waals surface area contributed by atoms with Crippen LogP contribution in [0.3, 0.4) is 0 Å². The van der Waals surface area contributed by atoms with E-state index in [0.717, 1.165) is 40.9 Å². The molecule has 24 heavy (non-hydrogen) atoms. The van der Waals surface area contributed by atoms with Gasteiger partial charge in [0.05, 0.1) is 6.54 Å². The molecule has 1 aromatic carbocycles. The van der Waals surface area contributed by atoms with Gasteiger partial charge in [-0.3, -0.25) is 4.90 Å². The first-order valence-corrected chi connectivity index (χ1v) is 7.49. The fourth-order valence-corrected chi connectivity index (χ4v) is 3.09. The highest BCUT2D eigenvalue weighted by Crippen LogP contribution is 2.33. The molecule has 3 heterocycles. The van der Waals surface area contributed by atoms with Crippen molar-refractivity contribution in [2.45, 2.75) is 19.6 Å². The maximum absolute atomic E-state index is 6.27. The second kappa shape index (κ2) is 7.43. The average Bonchev–Trinajstić information content (AvgIpc) is 2.88. The first-order chi connectivity index (χ1) is 10.7. The van der Waals surface area contributed by atoms with E-state index in [1.807, 2.05) is 31.2 Å². The molecule has 1 aliphatic heterocycles. The molecule has 0 N–H and O–H groups in total. The van der Waals surface area contributed by atoms with Crippen LogP contribution in [-0.4, -0.2) is 23.5 Å². The average molecular weight is 367 g/mol. The first kappa shape index (κ1) is 18.6. The van der Waals surface area contributed by atoms with Gasteiger partial charge in [0, 0.05) is 23.7 Å². The van der Waals surface area contributed by atoms with Crippen LogP contribution < -0.4 is 4.74 Å². The highest BCUT2D eigenvalue weighted by Gasteiger charge is 2.29. The van der Waals surface area contributed by atoms with Crippen LogP contribution >= 0.6 is 24.8 Å². The van der Waals surface area contributed by atoms with Gasteiger partial charge >= 0.3 is 0 Å². The number of nitrogens with zero attached hydrogens (tertiary/aromatic N) is 2. The van der Waals surface area contributed by atoms with Crippen LogP contribution in [-0.2, 0) is 6.54 Å². The van der Waals surface area contributed by atoms with Gasteiger partial charge in [-0.15, -0.1) is 24.8 Å². The van der Waals surface area contributed by atoms with Crippen molar-refractivity contribution in [2.75, 3.05) is 13.6 Å². The number of benzene rings is 1. The second-order valence-electron chi connectivity index (χ2n) is 5.88. The summed E-state index contributed by atoms with van der Waals surface area (Å²) in [5.41, 5.74) is 1.14. The Balaban J connectivity index is 0.00000104. The predicted molar refractivity (Wildman–Crippen MR) is 99.4 cm³/mol. The molecule has 0 saturated carbocycles. The summed E-state index contributed by atoms with van der Waals surface area (Å²) >= 11 is 0. The molecule has 1 unspecified atom stereocenters. The van der Waals surface area contributed by atoms with Crippen LogP contribution in [0, 0.1) is 6.92 Å². The Morgan fingerprint density at radius 2 is 2.00 bits per heavy atom. The maximum atomic E-state index is 6.27. The van der Waals surface area contributed by atoms with E-state index < -0.39 is 0 Å². The molecule has 0 radical (unpaired) electrons.